The summed E-state index contributed by atoms with van der Waals surface area (Å²) in [5.41, 5.74) is 8.61. The number of rotatable bonds is 9. The van der Waals surface area contributed by atoms with Crippen LogP contribution in [0.4, 0.5) is 26.3 Å². The summed E-state index contributed by atoms with van der Waals surface area (Å²) >= 11 is 8.60. The Bertz CT molecular complexity index is 2520. The van der Waals surface area contributed by atoms with Crippen molar-refractivity contribution in [1.29, 1.82) is 0 Å². The fraction of sp³-hybridized carbons (Fsp3) is 0. The Morgan fingerprint density at radius 2 is 0.355 bits per heavy atom. The maximum absolute atomic E-state index is 14.4. The molecule has 0 aliphatic heterocycles. The average molecular weight is 859 g/mol. The van der Waals surface area contributed by atoms with Gasteiger partial charge in [-0.2, -0.15) is 0 Å². The zero-order valence-corrected chi connectivity index (χ0v) is 34.5. The normalized spacial score (nSPS) is 11.5. The summed E-state index contributed by atoms with van der Waals surface area (Å²) in [5, 5.41) is 2.13. The molecule has 0 N–H and O–H groups in total. The van der Waals surface area contributed by atoms with Crippen molar-refractivity contribution in [2.75, 3.05) is 0 Å². The second-order valence-corrected chi connectivity index (χ2v) is 19.8. The fourth-order valence-electron chi connectivity index (χ4n) is 7.83. The third-order valence-electron chi connectivity index (χ3n) is 11.1. The van der Waals surface area contributed by atoms with Crippen LogP contribution in [0.5, 0.6) is 0 Å². The molecule has 9 rings (SSSR count). The van der Waals surface area contributed by atoms with Crippen LogP contribution in [-0.4, -0.2) is 7.38 Å². The van der Waals surface area contributed by atoms with Gasteiger partial charge in [0.15, 0.2) is 0 Å². The number of hydrogen-bond donors (Lipinski definition) is 0. The molecule has 0 aliphatic carbocycles. The van der Waals surface area contributed by atoms with Crippen LogP contribution in [0, 0.1) is 34.9 Å². The second-order valence-electron chi connectivity index (χ2n) is 15.1. The Morgan fingerprint density at radius 3 is 0.500 bits per heavy atom. The molecule has 0 aromatic heterocycles. The molecule has 8 heteroatoms. The van der Waals surface area contributed by atoms with Gasteiger partial charge in [-0.1, -0.05) is 109 Å². The molecule has 9 aromatic rings. The lowest BCUT2D eigenvalue weighted by molar-refractivity contribution is 0.627. The molecule has 0 unspecified atom stereocenters. The Morgan fingerprint density at radius 1 is 0.210 bits per heavy atom. The summed E-state index contributed by atoms with van der Waals surface area (Å²) in [5.74, 6) is -2.41. The first-order chi connectivity index (χ1) is 30.0. The molecule has 0 spiro atoms. The van der Waals surface area contributed by atoms with Gasteiger partial charge in [0.25, 0.3) is 0 Å². The van der Waals surface area contributed by atoms with Crippen LogP contribution < -0.4 is 15.6 Å². The molecule has 9 aromatic carbocycles. The van der Waals surface area contributed by atoms with Gasteiger partial charge in [-0.15, -0.1) is 11.1 Å². The number of hydrogen-bond acceptors (Lipinski definition) is 0. The van der Waals surface area contributed by atoms with Gasteiger partial charge >= 0.3 is 0 Å². The summed E-state index contributed by atoms with van der Waals surface area (Å²) in [4.78, 5) is 0. The second kappa shape index (κ2) is 16.8. The SMILES string of the molecule is Fc1ccc(-c2cc(-c3ccc(F)cc3)cc([Si](Cl)(c3cc(-c4ccc(F)cc4)cc(-c4ccc(F)cc4)c3)c3cc(-c4ccc(F)cc4)cc(-c4ccc(F)cc4)c3)c2)cc1. The topological polar surface area (TPSA) is 0 Å². The van der Waals surface area contributed by atoms with E-state index in [4.69, 9.17) is 11.1 Å². The van der Waals surface area contributed by atoms with E-state index in [9.17, 15) is 26.3 Å². The summed E-state index contributed by atoms with van der Waals surface area (Å²) in [6, 6.07) is 54.6. The molecule has 302 valence electrons. The number of halogens is 7. The van der Waals surface area contributed by atoms with Crippen LogP contribution in [-0.2, 0) is 0 Å². The smallest absolute Gasteiger partial charge is 0.207 e. The van der Waals surface area contributed by atoms with E-state index in [0.29, 0.717) is 48.9 Å². The van der Waals surface area contributed by atoms with Crippen LogP contribution >= 0.6 is 11.1 Å². The first kappa shape index (κ1) is 40.5. The van der Waals surface area contributed by atoms with Crippen LogP contribution in [0.25, 0.3) is 66.8 Å². The zero-order chi connectivity index (χ0) is 43.0. The van der Waals surface area contributed by atoms with E-state index >= 15 is 0 Å². The quantitative estimate of drug-likeness (QED) is 0.0587. The molecular formula is C54H33ClF6Si. The predicted molar refractivity (Wildman–Crippen MR) is 242 cm³/mol. The molecule has 0 fully saturated rings. The Balaban J connectivity index is 1.40. The Labute approximate surface area is 360 Å². The highest BCUT2D eigenvalue weighted by Crippen LogP contribution is 2.34. The average Bonchev–Trinajstić information content (AvgIpc) is 3.29. The molecule has 0 bridgehead atoms. The van der Waals surface area contributed by atoms with Gasteiger partial charge in [0, 0.05) is 0 Å². The summed E-state index contributed by atoms with van der Waals surface area (Å²) in [7, 11) is -3.90. The Kier molecular flexibility index (Phi) is 11.0. The molecular weight excluding hydrogens is 826 g/mol. The van der Waals surface area contributed by atoms with Gasteiger partial charge in [0.1, 0.15) is 34.9 Å². The monoisotopic (exact) mass is 858 g/mol. The van der Waals surface area contributed by atoms with Crippen LogP contribution in [0.15, 0.2) is 200 Å². The van der Waals surface area contributed by atoms with E-state index in [-0.39, 0.29) is 0 Å². The first-order valence-electron chi connectivity index (χ1n) is 19.7. The van der Waals surface area contributed by atoms with E-state index < -0.39 is 42.3 Å². The lowest BCUT2D eigenvalue weighted by atomic mass is 9.98. The molecule has 0 amide bonds. The van der Waals surface area contributed by atoms with Crippen LogP contribution in [0.3, 0.4) is 0 Å². The minimum atomic E-state index is -3.90. The van der Waals surface area contributed by atoms with Gasteiger partial charge in [0.2, 0.25) is 7.38 Å². The molecule has 0 radical (unpaired) electrons. The summed E-state index contributed by atoms with van der Waals surface area (Å²) in [6.07, 6.45) is 0. The number of benzene rings is 9. The summed E-state index contributed by atoms with van der Waals surface area (Å²) < 4.78 is 86.2. The zero-order valence-electron chi connectivity index (χ0n) is 32.7. The van der Waals surface area contributed by atoms with Gasteiger partial charge in [-0.3, -0.25) is 0 Å². The maximum atomic E-state index is 14.4. The van der Waals surface area contributed by atoms with E-state index in [1.54, 1.807) is 72.8 Å². The van der Waals surface area contributed by atoms with Crippen LogP contribution in [0.2, 0.25) is 0 Å². The third kappa shape index (κ3) is 8.37. The van der Waals surface area contributed by atoms with Gasteiger partial charge in [-0.05, 0) is 173 Å². The molecule has 0 nitrogen and oxygen atoms in total. The predicted octanol–water partition coefficient (Wildman–Crippen LogP) is 13.7. The van der Waals surface area contributed by atoms with Crippen LogP contribution in [0.1, 0.15) is 0 Å². The summed E-state index contributed by atoms with van der Waals surface area (Å²) in [6.45, 7) is 0. The van der Waals surface area contributed by atoms with Gasteiger partial charge in [0.05, 0.1) is 0 Å². The first-order valence-corrected chi connectivity index (χ1v) is 22.7. The highest BCUT2D eigenvalue weighted by molar-refractivity contribution is 7.40. The highest BCUT2D eigenvalue weighted by Gasteiger charge is 2.40. The van der Waals surface area contributed by atoms with E-state index in [1.165, 1.54) is 72.8 Å². The lowest BCUT2D eigenvalue weighted by Gasteiger charge is -2.30. The van der Waals surface area contributed by atoms with Crippen molar-refractivity contribution in [3.63, 3.8) is 0 Å². The van der Waals surface area contributed by atoms with Gasteiger partial charge in [-0.25, -0.2) is 26.3 Å². The molecule has 62 heavy (non-hydrogen) atoms. The van der Waals surface area contributed by atoms with Crippen molar-refractivity contribution in [3.8, 4) is 66.8 Å². The lowest BCUT2D eigenvalue weighted by Crippen LogP contribution is -2.63. The molecule has 0 aliphatic rings. The van der Waals surface area contributed by atoms with Crippen molar-refractivity contribution in [2.45, 2.75) is 0 Å². The van der Waals surface area contributed by atoms with Crippen molar-refractivity contribution < 1.29 is 26.3 Å². The molecule has 0 saturated heterocycles. The minimum absolute atomic E-state index is 0.401. The minimum Gasteiger partial charge on any atom is -0.207 e. The van der Waals surface area contributed by atoms with Crippen molar-refractivity contribution >= 4 is 34.0 Å². The highest BCUT2D eigenvalue weighted by atomic mass is 35.6. The molecule has 0 saturated carbocycles. The van der Waals surface area contributed by atoms with Crippen molar-refractivity contribution in [3.05, 3.63) is 235 Å². The fourth-order valence-corrected chi connectivity index (χ4v) is 11.9. The third-order valence-corrected chi connectivity index (χ3v) is 16.3. The molecule has 0 atom stereocenters. The largest absolute Gasteiger partial charge is 0.248 e. The maximum Gasteiger partial charge on any atom is 0.248 e. The molecule has 0 heterocycles. The van der Waals surface area contributed by atoms with E-state index in [2.05, 4.69) is 0 Å². The Hall–Kier alpha value is -6.93. The van der Waals surface area contributed by atoms with Gasteiger partial charge < -0.3 is 0 Å². The van der Waals surface area contributed by atoms with Crippen molar-refractivity contribution in [2.24, 2.45) is 0 Å². The van der Waals surface area contributed by atoms with E-state index in [0.717, 1.165) is 33.4 Å². The van der Waals surface area contributed by atoms with E-state index in [1.807, 2.05) is 54.6 Å². The standard InChI is InChI=1S/C54H33ClF6Si/c55-62(52-28-40(34-1-13-46(56)14-2-34)25-41(29-52)35-3-15-47(57)16-4-35,53-30-42(36-5-17-48(58)18-6-36)26-43(31-53)37-7-19-49(59)20-8-37)54-32-44(38-9-21-50(60)22-10-38)27-45(33-54)39-11-23-51(61)24-12-39/h1-33H. The van der Waals surface area contributed by atoms with Crippen molar-refractivity contribution in [1.82, 2.24) is 0 Å².